The first kappa shape index (κ1) is 19.1. The number of aliphatic carboxylic acids is 1. The van der Waals surface area contributed by atoms with E-state index in [1.165, 1.54) is 4.90 Å². The van der Waals surface area contributed by atoms with E-state index in [0.29, 0.717) is 38.6 Å². The van der Waals surface area contributed by atoms with Crippen LogP contribution in [0.25, 0.3) is 0 Å². The molecule has 0 saturated carbocycles. The first-order valence-corrected chi connectivity index (χ1v) is 8.73. The molecule has 1 aliphatic rings. The first-order chi connectivity index (χ1) is 11.7. The van der Waals surface area contributed by atoms with Crippen molar-refractivity contribution in [2.45, 2.75) is 58.4 Å². The first-order valence-electron chi connectivity index (χ1n) is 8.73. The molecule has 2 rings (SSSR count). The third-order valence-corrected chi connectivity index (χ3v) is 5.38. The highest BCUT2D eigenvalue weighted by Gasteiger charge is 2.55. The van der Waals surface area contributed by atoms with Gasteiger partial charge >= 0.3 is 5.97 Å². The molecule has 1 saturated heterocycles. The van der Waals surface area contributed by atoms with Gasteiger partial charge in [-0.3, -0.25) is 14.6 Å². The molecule has 2 heterocycles. The van der Waals surface area contributed by atoms with Crippen molar-refractivity contribution < 1.29 is 19.5 Å². The number of amides is 1. The summed E-state index contributed by atoms with van der Waals surface area (Å²) in [4.78, 5) is 42.2. The van der Waals surface area contributed by atoms with Crippen LogP contribution in [0.2, 0.25) is 0 Å². The molecule has 136 valence electrons. The van der Waals surface area contributed by atoms with E-state index < -0.39 is 28.6 Å². The molecule has 6 nitrogen and oxygen atoms in total. The van der Waals surface area contributed by atoms with E-state index in [2.05, 4.69) is 4.98 Å². The number of carbonyl (C=O) groups is 3. The van der Waals surface area contributed by atoms with Crippen LogP contribution in [0.5, 0.6) is 0 Å². The van der Waals surface area contributed by atoms with Gasteiger partial charge in [-0.25, -0.2) is 4.79 Å². The number of carbonyl (C=O) groups excluding carboxylic acids is 2. The minimum absolute atomic E-state index is 0.323. The number of hydrogen-bond donors (Lipinski definition) is 1. The summed E-state index contributed by atoms with van der Waals surface area (Å²) in [5.74, 6) is -2.20. The molecule has 6 heteroatoms. The lowest BCUT2D eigenvalue weighted by Crippen LogP contribution is -2.68. The highest BCUT2D eigenvalue weighted by Crippen LogP contribution is 2.37. The number of ketones is 1. The zero-order valence-corrected chi connectivity index (χ0v) is 15.1. The molecule has 0 aromatic carbocycles. The van der Waals surface area contributed by atoms with E-state index in [1.807, 2.05) is 19.1 Å². The maximum Gasteiger partial charge on any atom is 0.329 e. The number of likely N-dealkylation sites (tertiary alicyclic amines) is 1. The average molecular weight is 346 g/mol. The Morgan fingerprint density at radius 3 is 2.56 bits per heavy atom. The van der Waals surface area contributed by atoms with E-state index in [9.17, 15) is 19.5 Å². The molecule has 1 N–H and O–H groups in total. The second-order valence-electron chi connectivity index (χ2n) is 7.32. The van der Waals surface area contributed by atoms with Crippen LogP contribution in [-0.4, -0.2) is 44.7 Å². The highest BCUT2D eigenvalue weighted by molar-refractivity contribution is 6.38. The van der Waals surface area contributed by atoms with Gasteiger partial charge in [-0.1, -0.05) is 26.8 Å². The normalized spacial score (nSPS) is 20.0. The number of carboxylic acids is 1. The lowest BCUT2D eigenvalue weighted by molar-refractivity contribution is -0.175. The third-order valence-electron chi connectivity index (χ3n) is 5.38. The third kappa shape index (κ3) is 3.72. The van der Waals surface area contributed by atoms with Crippen molar-refractivity contribution in [1.82, 2.24) is 9.88 Å². The van der Waals surface area contributed by atoms with Crippen molar-refractivity contribution in [2.75, 3.05) is 6.54 Å². The Hall–Kier alpha value is -2.24. The summed E-state index contributed by atoms with van der Waals surface area (Å²) in [5, 5.41) is 9.72. The zero-order valence-electron chi connectivity index (χ0n) is 15.1. The van der Waals surface area contributed by atoms with Crippen LogP contribution in [0.1, 0.15) is 52.0 Å². The number of hydrogen-bond acceptors (Lipinski definition) is 4. The monoisotopic (exact) mass is 346 g/mol. The fourth-order valence-corrected chi connectivity index (χ4v) is 3.08. The molecular formula is C19H26N2O4. The molecular weight excluding hydrogens is 320 g/mol. The van der Waals surface area contributed by atoms with Crippen molar-refractivity contribution in [3.8, 4) is 0 Å². The Morgan fingerprint density at radius 2 is 2.08 bits per heavy atom. The van der Waals surface area contributed by atoms with Crippen LogP contribution in [0, 0.1) is 5.41 Å². The molecule has 0 unspecified atom stereocenters. The second kappa shape index (κ2) is 7.33. The molecule has 1 aromatic heterocycles. The van der Waals surface area contributed by atoms with Crippen LogP contribution in [-0.2, 0) is 20.8 Å². The molecule has 25 heavy (non-hydrogen) atoms. The predicted octanol–water partition coefficient (Wildman–Crippen LogP) is 2.47. The second-order valence-corrected chi connectivity index (χ2v) is 7.32. The van der Waals surface area contributed by atoms with Crippen LogP contribution < -0.4 is 0 Å². The van der Waals surface area contributed by atoms with Gasteiger partial charge in [0.2, 0.25) is 5.78 Å². The summed E-state index contributed by atoms with van der Waals surface area (Å²) in [6.07, 6.45) is 6.02. The molecule has 1 amide bonds. The Morgan fingerprint density at radius 1 is 1.36 bits per heavy atom. The van der Waals surface area contributed by atoms with Crippen LogP contribution in [0.3, 0.4) is 0 Å². The number of carboxylic acid groups (broad SMARTS) is 1. The molecule has 1 fully saturated rings. The number of aryl methyl sites for hydroxylation is 1. The van der Waals surface area contributed by atoms with Crippen molar-refractivity contribution in [1.29, 1.82) is 0 Å². The summed E-state index contributed by atoms with van der Waals surface area (Å²) in [7, 11) is 0. The summed E-state index contributed by atoms with van der Waals surface area (Å²) in [6.45, 7) is 5.61. The van der Waals surface area contributed by atoms with Gasteiger partial charge in [0.25, 0.3) is 5.91 Å². The molecule has 1 aromatic rings. The Balaban J connectivity index is 2.07. The smallest absolute Gasteiger partial charge is 0.329 e. The van der Waals surface area contributed by atoms with E-state index in [-0.39, 0.29) is 0 Å². The summed E-state index contributed by atoms with van der Waals surface area (Å²) >= 11 is 0. The molecule has 0 bridgehead atoms. The lowest BCUT2D eigenvalue weighted by Gasteiger charge is -2.50. The Kier molecular flexibility index (Phi) is 5.60. The summed E-state index contributed by atoms with van der Waals surface area (Å²) in [6, 6.07) is 3.78. The van der Waals surface area contributed by atoms with Crippen molar-refractivity contribution >= 4 is 17.7 Å². The van der Waals surface area contributed by atoms with Gasteiger partial charge in [-0.05, 0) is 43.7 Å². The van der Waals surface area contributed by atoms with Gasteiger partial charge in [-0.15, -0.1) is 0 Å². The minimum atomic E-state index is -1.25. The van der Waals surface area contributed by atoms with E-state index >= 15 is 0 Å². The maximum absolute atomic E-state index is 12.6. The van der Waals surface area contributed by atoms with Gasteiger partial charge in [-0.2, -0.15) is 0 Å². The van der Waals surface area contributed by atoms with Gasteiger partial charge < -0.3 is 10.0 Å². The Labute approximate surface area is 148 Å². The number of rotatable bonds is 8. The predicted molar refractivity (Wildman–Crippen MR) is 93.0 cm³/mol. The van der Waals surface area contributed by atoms with Crippen LogP contribution in [0.4, 0.5) is 0 Å². The highest BCUT2D eigenvalue weighted by atomic mass is 16.4. The maximum atomic E-state index is 12.6. The summed E-state index contributed by atoms with van der Waals surface area (Å²) < 4.78 is 0. The van der Waals surface area contributed by atoms with E-state index in [0.717, 1.165) is 5.56 Å². The number of aromatic nitrogens is 1. The quantitative estimate of drug-likeness (QED) is 0.731. The zero-order chi connectivity index (χ0) is 18.7. The van der Waals surface area contributed by atoms with Crippen molar-refractivity contribution in [3.63, 3.8) is 0 Å². The SMILES string of the molecule is CCC(C)(C)C(=O)C(=O)N1CC[C@@]1(CCCc1cccnc1)C(=O)O. The molecule has 0 spiro atoms. The van der Waals surface area contributed by atoms with Gasteiger partial charge in [0.1, 0.15) is 5.54 Å². The van der Waals surface area contributed by atoms with Crippen LogP contribution in [0.15, 0.2) is 24.5 Å². The average Bonchev–Trinajstić information content (AvgIpc) is 2.57. The number of Topliss-reactive ketones (excluding diaryl/α,β-unsaturated/α-hetero) is 1. The van der Waals surface area contributed by atoms with E-state index in [4.69, 9.17) is 0 Å². The van der Waals surface area contributed by atoms with Crippen LogP contribution >= 0.6 is 0 Å². The standard InChI is InChI=1S/C19H26N2O4/c1-4-18(2,3)15(22)16(23)21-12-10-19(21,17(24)25)9-5-7-14-8-6-11-20-13-14/h6,8,11,13H,4-5,7,9-10,12H2,1-3H3,(H,24,25)/t19-/m0/s1. The fourth-order valence-electron chi connectivity index (χ4n) is 3.08. The molecule has 1 aliphatic heterocycles. The lowest BCUT2D eigenvalue weighted by atomic mass is 9.77. The Bertz CT molecular complexity index is 657. The largest absolute Gasteiger partial charge is 0.479 e. The summed E-state index contributed by atoms with van der Waals surface area (Å²) in [5.41, 5.74) is -0.991. The minimum Gasteiger partial charge on any atom is -0.479 e. The van der Waals surface area contributed by atoms with Crippen molar-refractivity contribution in [3.05, 3.63) is 30.1 Å². The van der Waals surface area contributed by atoms with Gasteiger partial charge in [0.15, 0.2) is 0 Å². The molecule has 1 atom stereocenters. The van der Waals surface area contributed by atoms with Gasteiger partial charge in [0, 0.05) is 24.4 Å². The van der Waals surface area contributed by atoms with Gasteiger partial charge in [0.05, 0.1) is 0 Å². The molecule has 0 radical (unpaired) electrons. The van der Waals surface area contributed by atoms with E-state index in [1.54, 1.807) is 26.2 Å². The molecule has 0 aliphatic carbocycles. The number of nitrogens with zero attached hydrogens (tertiary/aromatic N) is 2. The topological polar surface area (TPSA) is 87.6 Å². The number of pyridine rings is 1. The fraction of sp³-hybridized carbons (Fsp3) is 0.579. The van der Waals surface area contributed by atoms with Crippen molar-refractivity contribution in [2.24, 2.45) is 5.41 Å².